The highest BCUT2D eigenvalue weighted by Crippen LogP contribution is 2.45. The van der Waals surface area contributed by atoms with Crippen LogP contribution >= 0.6 is 0 Å². The summed E-state index contributed by atoms with van der Waals surface area (Å²) in [6, 6.07) is 14.6. The van der Waals surface area contributed by atoms with Gasteiger partial charge in [-0.3, -0.25) is 4.79 Å². The lowest BCUT2D eigenvalue weighted by atomic mass is 9.83. The summed E-state index contributed by atoms with van der Waals surface area (Å²) in [5, 5.41) is 17.1. The van der Waals surface area contributed by atoms with Crippen LogP contribution in [0.25, 0.3) is 32.3 Å². The second kappa shape index (κ2) is 4.14. The SMILES string of the molecule is CC(C)(C)c1cc2ccc3ccc4c5c(cc(c1)c2c35)C(O)C4=O. The first-order valence-corrected chi connectivity index (χ1v) is 8.34. The predicted octanol–water partition coefficient (Wildman–Crippen LogP) is 5.11. The van der Waals surface area contributed by atoms with E-state index < -0.39 is 6.10 Å². The van der Waals surface area contributed by atoms with Crippen LogP contribution in [0.1, 0.15) is 48.4 Å². The molecule has 0 amide bonds. The molecule has 0 saturated heterocycles. The molecule has 1 aliphatic carbocycles. The summed E-state index contributed by atoms with van der Waals surface area (Å²) < 4.78 is 0. The summed E-state index contributed by atoms with van der Waals surface area (Å²) in [6.45, 7) is 6.61. The topological polar surface area (TPSA) is 37.3 Å². The fourth-order valence-corrected chi connectivity index (χ4v) is 4.11. The van der Waals surface area contributed by atoms with Gasteiger partial charge in [-0.15, -0.1) is 0 Å². The maximum absolute atomic E-state index is 12.4. The van der Waals surface area contributed by atoms with Gasteiger partial charge in [0, 0.05) is 10.9 Å². The van der Waals surface area contributed by atoms with E-state index in [1.807, 2.05) is 18.2 Å². The van der Waals surface area contributed by atoms with E-state index in [1.165, 1.54) is 16.3 Å². The van der Waals surface area contributed by atoms with Gasteiger partial charge in [0.25, 0.3) is 0 Å². The van der Waals surface area contributed by atoms with Crippen LogP contribution in [0.3, 0.4) is 0 Å². The molecule has 4 aromatic carbocycles. The van der Waals surface area contributed by atoms with Crippen molar-refractivity contribution in [2.45, 2.75) is 32.3 Å². The highest BCUT2D eigenvalue weighted by Gasteiger charge is 2.33. The number of hydrogen-bond acceptors (Lipinski definition) is 2. The molecule has 0 saturated carbocycles. The molecule has 0 spiro atoms. The monoisotopic (exact) mass is 314 g/mol. The molecule has 4 aromatic rings. The largest absolute Gasteiger partial charge is 0.380 e. The Morgan fingerprint density at radius 2 is 1.50 bits per heavy atom. The third kappa shape index (κ3) is 1.57. The standard InChI is InChI=1S/C22H18O2/c1-22(2,3)14-8-12-5-4-11-6-7-15-19-16(21(24)20(15)23)10-13(9-14)17(12)18(11)19/h4-10,21,24H,1-3H3. The first-order chi connectivity index (χ1) is 11.4. The normalized spacial score (nSPS) is 17.7. The van der Waals surface area contributed by atoms with E-state index in [9.17, 15) is 9.90 Å². The smallest absolute Gasteiger partial charge is 0.196 e. The van der Waals surface area contributed by atoms with Crippen LogP contribution in [0.4, 0.5) is 0 Å². The number of aliphatic hydroxyl groups excluding tert-OH is 1. The number of benzene rings is 4. The zero-order valence-electron chi connectivity index (χ0n) is 14.0. The van der Waals surface area contributed by atoms with Crippen molar-refractivity contribution in [3.05, 3.63) is 59.2 Å². The van der Waals surface area contributed by atoms with E-state index >= 15 is 0 Å². The van der Waals surface area contributed by atoms with Gasteiger partial charge in [-0.25, -0.2) is 0 Å². The van der Waals surface area contributed by atoms with Crippen LogP contribution in [0.5, 0.6) is 0 Å². The predicted molar refractivity (Wildman–Crippen MR) is 98.1 cm³/mol. The zero-order chi connectivity index (χ0) is 16.8. The highest BCUT2D eigenvalue weighted by atomic mass is 16.3. The summed E-state index contributed by atoms with van der Waals surface area (Å²) in [5.74, 6) is -0.181. The average Bonchev–Trinajstić information content (AvgIpc) is 2.79. The van der Waals surface area contributed by atoms with E-state index in [2.05, 4.69) is 45.0 Å². The Morgan fingerprint density at radius 1 is 0.833 bits per heavy atom. The second-order valence-corrected chi connectivity index (χ2v) is 7.93. The van der Waals surface area contributed by atoms with Crippen molar-refractivity contribution >= 4 is 38.1 Å². The lowest BCUT2D eigenvalue weighted by molar-refractivity contribution is 0.0766. The van der Waals surface area contributed by atoms with Gasteiger partial charge in [0.2, 0.25) is 0 Å². The molecule has 1 atom stereocenters. The Morgan fingerprint density at radius 3 is 2.25 bits per heavy atom. The fourth-order valence-electron chi connectivity index (χ4n) is 4.11. The van der Waals surface area contributed by atoms with Crippen molar-refractivity contribution in [1.82, 2.24) is 0 Å². The molecular formula is C22H18O2. The average molecular weight is 314 g/mol. The Labute approximate surface area is 140 Å². The van der Waals surface area contributed by atoms with Gasteiger partial charge >= 0.3 is 0 Å². The molecule has 0 fully saturated rings. The molecule has 0 aromatic heterocycles. The molecule has 0 aliphatic heterocycles. The van der Waals surface area contributed by atoms with E-state index in [0.29, 0.717) is 5.56 Å². The second-order valence-electron chi connectivity index (χ2n) is 7.93. The quantitative estimate of drug-likeness (QED) is 0.458. The third-order valence-electron chi connectivity index (χ3n) is 5.40. The van der Waals surface area contributed by atoms with Gasteiger partial charge in [-0.1, -0.05) is 57.2 Å². The first kappa shape index (κ1) is 13.9. The third-order valence-corrected chi connectivity index (χ3v) is 5.40. The van der Waals surface area contributed by atoms with E-state index in [1.54, 1.807) is 0 Å². The number of carbonyl (C=O) groups is 1. The van der Waals surface area contributed by atoms with Gasteiger partial charge in [0.15, 0.2) is 5.78 Å². The molecule has 2 nitrogen and oxygen atoms in total. The molecule has 1 unspecified atom stereocenters. The minimum Gasteiger partial charge on any atom is -0.380 e. The van der Waals surface area contributed by atoms with E-state index in [-0.39, 0.29) is 11.2 Å². The number of aliphatic hydroxyl groups is 1. The number of hydrogen-bond donors (Lipinski definition) is 1. The van der Waals surface area contributed by atoms with Gasteiger partial charge < -0.3 is 5.11 Å². The number of carbonyl (C=O) groups excluding carboxylic acids is 1. The van der Waals surface area contributed by atoms with Crippen molar-refractivity contribution < 1.29 is 9.90 Å². The van der Waals surface area contributed by atoms with E-state index in [4.69, 9.17) is 0 Å². The van der Waals surface area contributed by atoms with Gasteiger partial charge in [0.05, 0.1) is 0 Å². The Bertz CT molecular complexity index is 1160. The summed E-state index contributed by atoms with van der Waals surface area (Å²) in [5.41, 5.74) is 2.72. The Kier molecular flexibility index (Phi) is 2.41. The molecule has 0 radical (unpaired) electrons. The molecule has 1 N–H and O–H groups in total. The van der Waals surface area contributed by atoms with E-state index in [0.717, 1.165) is 27.1 Å². The maximum atomic E-state index is 12.4. The molecule has 1 aliphatic rings. The van der Waals surface area contributed by atoms with Crippen molar-refractivity contribution in [3.8, 4) is 0 Å². The van der Waals surface area contributed by atoms with Crippen molar-refractivity contribution in [1.29, 1.82) is 0 Å². The van der Waals surface area contributed by atoms with Crippen LogP contribution in [0.15, 0.2) is 42.5 Å². The molecule has 5 rings (SSSR count). The highest BCUT2D eigenvalue weighted by molar-refractivity contribution is 6.30. The molecule has 0 heterocycles. The minimum atomic E-state index is -1.03. The summed E-state index contributed by atoms with van der Waals surface area (Å²) in [7, 11) is 0. The first-order valence-electron chi connectivity index (χ1n) is 8.34. The molecule has 2 heteroatoms. The lowest BCUT2D eigenvalue weighted by Gasteiger charge is -2.22. The van der Waals surface area contributed by atoms with Crippen LogP contribution in [0.2, 0.25) is 0 Å². The van der Waals surface area contributed by atoms with Crippen LogP contribution < -0.4 is 0 Å². The number of rotatable bonds is 0. The van der Waals surface area contributed by atoms with Crippen molar-refractivity contribution in [3.63, 3.8) is 0 Å². The summed E-state index contributed by atoms with van der Waals surface area (Å²) in [6.07, 6.45) is -1.03. The minimum absolute atomic E-state index is 0.0460. The van der Waals surface area contributed by atoms with Crippen LogP contribution in [-0.2, 0) is 5.41 Å². The molecule has 0 bridgehead atoms. The molecular weight excluding hydrogens is 296 g/mol. The van der Waals surface area contributed by atoms with Crippen molar-refractivity contribution in [2.24, 2.45) is 0 Å². The van der Waals surface area contributed by atoms with Crippen LogP contribution in [-0.4, -0.2) is 10.9 Å². The molecule has 118 valence electrons. The molecule has 24 heavy (non-hydrogen) atoms. The fraction of sp³-hybridized carbons (Fsp3) is 0.227. The van der Waals surface area contributed by atoms with Gasteiger partial charge in [0.1, 0.15) is 6.10 Å². The number of Topliss-reactive ketones (excluding diaryl/α,β-unsaturated/α-hetero) is 1. The Balaban J connectivity index is 2.07. The van der Waals surface area contributed by atoms with Gasteiger partial charge in [-0.2, -0.15) is 0 Å². The summed E-state index contributed by atoms with van der Waals surface area (Å²) in [4.78, 5) is 12.4. The maximum Gasteiger partial charge on any atom is 0.196 e. The Hall–Kier alpha value is -2.45. The summed E-state index contributed by atoms with van der Waals surface area (Å²) >= 11 is 0. The van der Waals surface area contributed by atoms with Gasteiger partial charge in [-0.05, 0) is 49.5 Å². The van der Waals surface area contributed by atoms with Crippen molar-refractivity contribution in [2.75, 3.05) is 0 Å². The number of ketones is 1. The van der Waals surface area contributed by atoms with Crippen LogP contribution in [0, 0.1) is 0 Å². The zero-order valence-corrected chi connectivity index (χ0v) is 14.0. The lowest BCUT2D eigenvalue weighted by Crippen LogP contribution is -2.11.